The van der Waals surface area contributed by atoms with Crippen LogP contribution in [0.5, 0.6) is 0 Å². The van der Waals surface area contributed by atoms with E-state index in [0.29, 0.717) is 0 Å². The van der Waals surface area contributed by atoms with E-state index in [4.69, 9.17) is 23.2 Å². The maximum atomic E-state index is 6.59. The Labute approximate surface area is 140 Å². The van der Waals surface area contributed by atoms with Crippen molar-refractivity contribution < 1.29 is 0 Å². The second-order valence-corrected chi connectivity index (χ2v) is 7.05. The average Bonchev–Trinajstić information content (AvgIpc) is 2.36. The minimum absolute atomic E-state index is 0.206. The summed E-state index contributed by atoms with van der Waals surface area (Å²) in [7, 11) is 0. The smallest absolute Gasteiger partial charge is 0.0846 e. The first kappa shape index (κ1) is 15.4. The normalized spacial score (nSPS) is 12.5. The van der Waals surface area contributed by atoms with E-state index in [1.165, 1.54) is 5.56 Å². The van der Waals surface area contributed by atoms with E-state index in [0.717, 1.165) is 30.7 Å². The van der Waals surface area contributed by atoms with Crippen LogP contribution in [0.2, 0.25) is 5.02 Å². The first-order chi connectivity index (χ1) is 8.90. The van der Waals surface area contributed by atoms with Gasteiger partial charge in [0.05, 0.1) is 5.38 Å². The molecule has 2 aromatic rings. The fraction of sp³-hybridized carbons (Fsp3) is 0.200. The molecule has 0 saturated heterocycles. The predicted octanol–water partition coefficient (Wildman–Crippen LogP) is 6.81. The number of benzene rings is 2. The van der Waals surface area contributed by atoms with E-state index in [1.54, 1.807) is 0 Å². The molecule has 1 unspecified atom stereocenters. The van der Waals surface area contributed by atoms with Crippen molar-refractivity contribution in [3.63, 3.8) is 0 Å². The van der Waals surface area contributed by atoms with Crippen molar-refractivity contribution in [2.75, 3.05) is 0 Å². The summed E-state index contributed by atoms with van der Waals surface area (Å²) < 4.78 is 2.07. The van der Waals surface area contributed by atoms with Crippen LogP contribution in [0.15, 0.2) is 39.3 Å². The molecule has 19 heavy (non-hydrogen) atoms. The van der Waals surface area contributed by atoms with E-state index < -0.39 is 0 Å². The SMILES string of the molecule is Cc1cc(C(Cl)c2cc(Br)c(C)cc2Br)ccc1Cl. The highest BCUT2D eigenvalue weighted by molar-refractivity contribution is 9.11. The van der Waals surface area contributed by atoms with Crippen LogP contribution in [0.4, 0.5) is 0 Å². The molecule has 0 nitrogen and oxygen atoms in total. The van der Waals surface area contributed by atoms with Gasteiger partial charge in [0, 0.05) is 14.0 Å². The van der Waals surface area contributed by atoms with Crippen molar-refractivity contribution in [2.24, 2.45) is 0 Å². The molecule has 0 amide bonds. The lowest BCUT2D eigenvalue weighted by Gasteiger charge is -2.15. The summed E-state index contributed by atoms with van der Waals surface area (Å²) in [6, 6.07) is 10.0. The molecule has 0 bridgehead atoms. The second-order valence-electron chi connectivity index (χ2n) is 4.49. The van der Waals surface area contributed by atoms with E-state index in [1.807, 2.05) is 32.0 Å². The fourth-order valence-corrected chi connectivity index (χ4v) is 3.47. The summed E-state index contributed by atoms with van der Waals surface area (Å²) in [6.45, 7) is 4.03. The van der Waals surface area contributed by atoms with Crippen molar-refractivity contribution in [1.82, 2.24) is 0 Å². The Morgan fingerprint density at radius 1 is 0.947 bits per heavy atom. The molecule has 0 aliphatic rings. The van der Waals surface area contributed by atoms with E-state index >= 15 is 0 Å². The number of hydrogen-bond acceptors (Lipinski definition) is 0. The molecule has 2 rings (SSSR count). The molecule has 0 aliphatic carbocycles. The van der Waals surface area contributed by atoms with Crippen LogP contribution in [0.3, 0.4) is 0 Å². The van der Waals surface area contributed by atoms with Crippen LogP contribution in [-0.2, 0) is 0 Å². The van der Waals surface area contributed by atoms with Crippen LogP contribution in [-0.4, -0.2) is 0 Å². The van der Waals surface area contributed by atoms with Gasteiger partial charge in [-0.3, -0.25) is 0 Å². The highest BCUT2D eigenvalue weighted by Gasteiger charge is 2.16. The first-order valence-corrected chi connectivity index (χ1v) is 8.16. The maximum Gasteiger partial charge on any atom is 0.0846 e. The average molecular weight is 423 g/mol. The molecular weight excluding hydrogens is 411 g/mol. The minimum atomic E-state index is -0.206. The largest absolute Gasteiger partial charge is 0.113 e. The number of hydrogen-bond donors (Lipinski definition) is 0. The van der Waals surface area contributed by atoms with Gasteiger partial charge in [-0.15, -0.1) is 11.6 Å². The lowest BCUT2D eigenvalue weighted by molar-refractivity contribution is 1.11. The Morgan fingerprint density at radius 2 is 1.63 bits per heavy atom. The lowest BCUT2D eigenvalue weighted by atomic mass is 10.0. The van der Waals surface area contributed by atoms with Gasteiger partial charge in [0.25, 0.3) is 0 Å². The van der Waals surface area contributed by atoms with E-state index in [9.17, 15) is 0 Å². The van der Waals surface area contributed by atoms with Gasteiger partial charge in [0.2, 0.25) is 0 Å². The van der Waals surface area contributed by atoms with E-state index in [-0.39, 0.29) is 5.38 Å². The highest BCUT2D eigenvalue weighted by Crippen LogP contribution is 2.37. The third kappa shape index (κ3) is 3.36. The summed E-state index contributed by atoms with van der Waals surface area (Å²) in [5.74, 6) is 0. The lowest BCUT2D eigenvalue weighted by Crippen LogP contribution is -1.96. The molecule has 4 heteroatoms. The summed E-state index contributed by atoms with van der Waals surface area (Å²) in [6.07, 6.45) is 0. The van der Waals surface area contributed by atoms with Crippen molar-refractivity contribution in [1.29, 1.82) is 0 Å². The van der Waals surface area contributed by atoms with Gasteiger partial charge in [0.15, 0.2) is 0 Å². The number of rotatable bonds is 2. The predicted molar refractivity (Wildman–Crippen MR) is 90.5 cm³/mol. The summed E-state index contributed by atoms with van der Waals surface area (Å²) in [4.78, 5) is 0. The minimum Gasteiger partial charge on any atom is -0.113 e. The number of alkyl halides is 1. The summed E-state index contributed by atoms with van der Waals surface area (Å²) in [5, 5.41) is 0.555. The van der Waals surface area contributed by atoms with Gasteiger partial charge in [-0.2, -0.15) is 0 Å². The molecule has 0 N–H and O–H groups in total. The van der Waals surface area contributed by atoms with Gasteiger partial charge >= 0.3 is 0 Å². The molecular formula is C15H12Br2Cl2. The van der Waals surface area contributed by atoms with Gasteiger partial charge in [0.1, 0.15) is 0 Å². The van der Waals surface area contributed by atoms with Gasteiger partial charge in [-0.05, 0) is 54.3 Å². The van der Waals surface area contributed by atoms with Crippen molar-refractivity contribution in [2.45, 2.75) is 19.2 Å². The second kappa shape index (κ2) is 6.17. The molecule has 0 saturated carbocycles. The molecule has 1 atom stereocenters. The van der Waals surface area contributed by atoms with E-state index in [2.05, 4.69) is 44.0 Å². The standard InChI is InChI=1S/C15H12Br2Cl2/c1-8-6-13(17)11(7-12(8)16)15(19)10-3-4-14(18)9(2)5-10/h3-7,15H,1-2H3. The molecule has 2 aromatic carbocycles. The first-order valence-electron chi connectivity index (χ1n) is 5.76. The van der Waals surface area contributed by atoms with Crippen molar-refractivity contribution in [3.8, 4) is 0 Å². The summed E-state index contributed by atoms with van der Waals surface area (Å²) >= 11 is 19.8. The highest BCUT2D eigenvalue weighted by atomic mass is 79.9. The van der Waals surface area contributed by atoms with Gasteiger partial charge in [-0.25, -0.2) is 0 Å². The molecule has 0 spiro atoms. The molecule has 0 aliphatic heterocycles. The molecule has 0 heterocycles. The zero-order chi connectivity index (χ0) is 14.2. The molecule has 100 valence electrons. The topological polar surface area (TPSA) is 0 Å². The Balaban J connectivity index is 2.46. The zero-order valence-corrected chi connectivity index (χ0v) is 15.2. The Hall–Kier alpha value is -0.0200. The van der Waals surface area contributed by atoms with Crippen molar-refractivity contribution in [3.05, 3.63) is 66.6 Å². The molecule has 0 fully saturated rings. The third-order valence-corrected chi connectivity index (χ3v) is 5.48. The molecule has 0 radical (unpaired) electrons. The van der Waals surface area contributed by atoms with Crippen LogP contribution >= 0.6 is 55.1 Å². The monoisotopic (exact) mass is 420 g/mol. The zero-order valence-electron chi connectivity index (χ0n) is 10.5. The van der Waals surface area contributed by atoms with Crippen LogP contribution in [0, 0.1) is 13.8 Å². The van der Waals surface area contributed by atoms with Crippen molar-refractivity contribution >= 4 is 55.1 Å². The maximum absolute atomic E-state index is 6.59. The van der Waals surface area contributed by atoms with Crippen LogP contribution < -0.4 is 0 Å². The Bertz CT molecular complexity index is 624. The number of halogens is 4. The summed E-state index contributed by atoms with van der Waals surface area (Å²) in [5.41, 5.74) is 4.29. The third-order valence-electron chi connectivity index (χ3n) is 3.03. The van der Waals surface area contributed by atoms with Crippen LogP contribution in [0.25, 0.3) is 0 Å². The quantitative estimate of drug-likeness (QED) is 0.466. The Morgan fingerprint density at radius 3 is 2.26 bits per heavy atom. The van der Waals surface area contributed by atoms with Crippen LogP contribution in [0.1, 0.15) is 27.6 Å². The fourth-order valence-electron chi connectivity index (χ4n) is 1.86. The van der Waals surface area contributed by atoms with Gasteiger partial charge in [-0.1, -0.05) is 55.6 Å². The number of aryl methyl sites for hydroxylation is 2. The Kier molecular flexibility index (Phi) is 4.99. The van der Waals surface area contributed by atoms with Gasteiger partial charge < -0.3 is 0 Å². The molecule has 0 aromatic heterocycles.